The third-order valence-corrected chi connectivity index (χ3v) is 4.93. The van der Waals surface area contributed by atoms with Crippen molar-refractivity contribution in [1.29, 1.82) is 0 Å². The number of nitrogens with zero attached hydrogens (tertiary/aromatic N) is 1. The Hall–Kier alpha value is -2.70. The molecule has 3 N–H and O–H groups in total. The molecule has 0 unspecified atom stereocenters. The van der Waals surface area contributed by atoms with Gasteiger partial charge in [-0.05, 0) is 67.7 Å². The number of aliphatic hydroxyl groups is 1. The average molecular weight is 368 g/mol. The highest BCUT2D eigenvalue weighted by atomic mass is 16.4. The molecule has 142 valence electrons. The summed E-state index contributed by atoms with van der Waals surface area (Å²) in [6.07, 6.45) is 2.01. The van der Waals surface area contributed by atoms with E-state index in [9.17, 15) is 14.7 Å². The summed E-state index contributed by atoms with van der Waals surface area (Å²) in [6, 6.07) is 13.7. The number of aliphatic hydroxyl groups excluding tert-OH is 1. The zero-order valence-electron chi connectivity index (χ0n) is 15.1. The summed E-state index contributed by atoms with van der Waals surface area (Å²) >= 11 is 0. The lowest BCUT2D eigenvalue weighted by molar-refractivity contribution is 0.0697. The largest absolute Gasteiger partial charge is 0.478 e. The molecule has 0 atom stereocenters. The van der Waals surface area contributed by atoms with Crippen LogP contribution >= 0.6 is 0 Å². The number of aromatic carboxylic acids is 1. The molecule has 6 heteroatoms. The zero-order chi connectivity index (χ0) is 19.2. The molecule has 0 bridgehead atoms. The number of carboxylic acids is 1. The van der Waals surface area contributed by atoms with Crippen LogP contribution < -0.4 is 5.32 Å². The lowest BCUT2D eigenvalue weighted by Crippen LogP contribution is -2.34. The van der Waals surface area contributed by atoms with Gasteiger partial charge in [-0.25, -0.2) is 4.79 Å². The number of amides is 1. The van der Waals surface area contributed by atoms with Crippen molar-refractivity contribution in [3.05, 3.63) is 65.2 Å². The van der Waals surface area contributed by atoms with Gasteiger partial charge >= 0.3 is 5.97 Å². The number of piperidine rings is 1. The Morgan fingerprint density at radius 3 is 2.44 bits per heavy atom. The first-order valence-corrected chi connectivity index (χ1v) is 9.12. The Morgan fingerprint density at radius 1 is 1.04 bits per heavy atom. The fraction of sp³-hybridized carbons (Fsp3) is 0.333. The van der Waals surface area contributed by atoms with Crippen molar-refractivity contribution in [3.8, 4) is 0 Å². The Kier molecular flexibility index (Phi) is 6.21. The minimum absolute atomic E-state index is 0.0858. The van der Waals surface area contributed by atoms with E-state index in [4.69, 9.17) is 5.11 Å². The molecule has 1 aliphatic rings. The Bertz CT molecular complexity index is 813. The summed E-state index contributed by atoms with van der Waals surface area (Å²) in [5.41, 5.74) is 2.19. The first-order valence-electron chi connectivity index (χ1n) is 9.12. The number of carboxylic acid groups (broad SMARTS) is 1. The van der Waals surface area contributed by atoms with Crippen molar-refractivity contribution in [1.82, 2.24) is 4.90 Å². The second kappa shape index (κ2) is 8.79. The van der Waals surface area contributed by atoms with Gasteiger partial charge in [-0.15, -0.1) is 0 Å². The molecule has 1 saturated heterocycles. The molecule has 0 radical (unpaired) electrons. The van der Waals surface area contributed by atoms with E-state index < -0.39 is 5.97 Å². The predicted molar refractivity (Wildman–Crippen MR) is 103 cm³/mol. The smallest absolute Gasteiger partial charge is 0.335 e. The van der Waals surface area contributed by atoms with Gasteiger partial charge in [-0.2, -0.15) is 0 Å². The third-order valence-electron chi connectivity index (χ3n) is 4.93. The molecule has 1 heterocycles. The van der Waals surface area contributed by atoms with Gasteiger partial charge in [0.15, 0.2) is 0 Å². The molecule has 1 fully saturated rings. The van der Waals surface area contributed by atoms with Crippen LogP contribution in [0.2, 0.25) is 0 Å². The number of likely N-dealkylation sites (tertiary alicyclic amines) is 1. The highest BCUT2D eigenvalue weighted by Gasteiger charge is 2.18. The van der Waals surface area contributed by atoms with Crippen LogP contribution in [0.3, 0.4) is 0 Å². The fourth-order valence-electron chi connectivity index (χ4n) is 3.33. The summed E-state index contributed by atoms with van der Waals surface area (Å²) in [6.45, 7) is 2.99. The van der Waals surface area contributed by atoms with E-state index in [0.29, 0.717) is 17.2 Å². The van der Waals surface area contributed by atoms with Gasteiger partial charge in [0.05, 0.1) is 5.56 Å². The molecule has 3 rings (SSSR count). The highest BCUT2D eigenvalue weighted by Crippen LogP contribution is 2.20. The molecule has 2 aromatic carbocycles. The first kappa shape index (κ1) is 19.1. The fourth-order valence-corrected chi connectivity index (χ4v) is 3.33. The molecular weight excluding hydrogens is 344 g/mol. The van der Waals surface area contributed by atoms with Crippen LogP contribution in [0, 0.1) is 5.92 Å². The van der Waals surface area contributed by atoms with Crippen LogP contribution in [0.5, 0.6) is 0 Å². The number of hydrogen-bond donors (Lipinski definition) is 3. The number of carbonyl (C=O) groups is 2. The Labute approximate surface area is 158 Å². The van der Waals surface area contributed by atoms with Crippen LogP contribution in [0.25, 0.3) is 0 Å². The summed E-state index contributed by atoms with van der Waals surface area (Å²) in [4.78, 5) is 25.8. The van der Waals surface area contributed by atoms with Gasteiger partial charge in [0.1, 0.15) is 0 Å². The molecular formula is C21H24N2O4. The van der Waals surface area contributed by atoms with Crippen LogP contribution in [-0.2, 0) is 6.54 Å². The maximum absolute atomic E-state index is 12.4. The van der Waals surface area contributed by atoms with Crippen LogP contribution in [0.4, 0.5) is 5.69 Å². The molecule has 0 saturated carbocycles. The summed E-state index contributed by atoms with van der Waals surface area (Å²) in [5, 5.41) is 21.1. The number of carbonyl (C=O) groups excluding carboxylic acids is 1. The summed E-state index contributed by atoms with van der Waals surface area (Å²) in [7, 11) is 0. The van der Waals surface area contributed by atoms with Crippen LogP contribution in [-0.4, -0.2) is 46.7 Å². The number of benzene rings is 2. The SMILES string of the molecule is O=C(O)c1cccc(C(=O)Nc2cccc(CN3CCC(CO)CC3)c2)c1. The maximum Gasteiger partial charge on any atom is 0.335 e. The number of nitrogens with one attached hydrogen (secondary N) is 1. The molecule has 2 aromatic rings. The first-order chi connectivity index (χ1) is 13.0. The third kappa shape index (κ3) is 5.15. The average Bonchev–Trinajstić information content (AvgIpc) is 2.69. The predicted octanol–water partition coefficient (Wildman–Crippen LogP) is 2.84. The van der Waals surface area contributed by atoms with E-state index in [1.165, 1.54) is 12.1 Å². The quantitative estimate of drug-likeness (QED) is 0.729. The lowest BCUT2D eigenvalue weighted by atomic mass is 9.97. The summed E-state index contributed by atoms with van der Waals surface area (Å²) < 4.78 is 0. The Morgan fingerprint density at radius 2 is 1.74 bits per heavy atom. The van der Waals surface area contributed by atoms with E-state index in [1.54, 1.807) is 12.1 Å². The van der Waals surface area contributed by atoms with Gasteiger partial charge in [-0.1, -0.05) is 18.2 Å². The molecule has 0 aromatic heterocycles. The normalized spacial score (nSPS) is 15.4. The van der Waals surface area contributed by atoms with Gasteiger partial charge in [0, 0.05) is 24.4 Å². The summed E-state index contributed by atoms with van der Waals surface area (Å²) in [5.74, 6) is -0.982. The molecule has 1 aliphatic heterocycles. The van der Waals surface area contributed by atoms with E-state index in [1.807, 2.05) is 24.3 Å². The highest BCUT2D eigenvalue weighted by molar-refractivity contribution is 6.05. The molecule has 27 heavy (non-hydrogen) atoms. The van der Waals surface area contributed by atoms with Gasteiger partial charge in [0.2, 0.25) is 0 Å². The number of anilines is 1. The van der Waals surface area contributed by atoms with E-state index >= 15 is 0 Å². The van der Waals surface area contributed by atoms with Crippen molar-refractivity contribution >= 4 is 17.6 Å². The van der Waals surface area contributed by atoms with Gasteiger partial charge in [-0.3, -0.25) is 9.69 Å². The maximum atomic E-state index is 12.4. The van der Waals surface area contributed by atoms with E-state index in [2.05, 4.69) is 10.2 Å². The van der Waals surface area contributed by atoms with Crippen molar-refractivity contribution < 1.29 is 19.8 Å². The van der Waals surface area contributed by atoms with Crippen LogP contribution in [0.1, 0.15) is 39.1 Å². The van der Waals surface area contributed by atoms with E-state index in [-0.39, 0.29) is 18.1 Å². The second-order valence-corrected chi connectivity index (χ2v) is 6.94. The molecule has 0 aliphatic carbocycles. The lowest BCUT2D eigenvalue weighted by Gasteiger charge is -2.31. The number of rotatable bonds is 6. The minimum atomic E-state index is -1.06. The van der Waals surface area contributed by atoms with Crippen molar-refractivity contribution in [2.75, 3.05) is 25.0 Å². The van der Waals surface area contributed by atoms with Gasteiger partial charge < -0.3 is 15.5 Å². The minimum Gasteiger partial charge on any atom is -0.478 e. The monoisotopic (exact) mass is 368 g/mol. The Balaban J connectivity index is 1.63. The molecule has 0 spiro atoms. The molecule has 6 nitrogen and oxygen atoms in total. The van der Waals surface area contributed by atoms with Crippen molar-refractivity contribution in [2.45, 2.75) is 19.4 Å². The standard InChI is InChI=1S/C21H24N2O4/c24-14-15-7-9-23(10-8-15)13-16-3-1-6-19(11-16)22-20(25)17-4-2-5-18(12-17)21(26)27/h1-6,11-12,15,24H,7-10,13-14H2,(H,22,25)(H,26,27). The van der Waals surface area contributed by atoms with Crippen molar-refractivity contribution in [3.63, 3.8) is 0 Å². The van der Waals surface area contributed by atoms with E-state index in [0.717, 1.165) is 38.0 Å². The van der Waals surface area contributed by atoms with Crippen LogP contribution in [0.15, 0.2) is 48.5 Å². The second-order valence-electron chi connectivity index (χ2n) is 6.94. The zero-order valence-corrected chi connectivity index (χ0v) is 15.1. The topological polar surface area (TPSA) is 89.9 Å². The van der Waals surface area contributed by atoms with Gasteiger partial charge in [0.25, 0.3) is 5.91 Å². The number of hydrogen-bond acceptors (Lipinski definition) is 4. The van der Waals surface area contributed by atoms with Crippen molar-refractivity contribution in [2.24, 2.45) is 5.92 Å². The molecule has 1 amide bonds.